The molecular weight excluding hydrogens is 312 g/mol. The van der Waals surface area contributed by atoms with E-state index in [1.165, 1.54) is 37.7 Å². The Kier molecular flexibility index (Phi) is 7.39. The largest absolute Gasteiger partial charge is 0.361 e. The lowest BCUT2D eigenvalue weighted by atomic mass is 9.96. The summed E-state index contributed by atoms with van der Waals surface area (Å²) in [7, 11) is 0. The third-order valence-electron chi connectivity index (χ3n) is 3.77. The van der Waals surface area contributed by atoms with Gasteiger partial charge in [0.05, 0.1) is 0 Å². The van der Waals surface area contributed by atoms with Gasteiger partial charge >= 0.3 is 0 Å². The summed E-state index contributed by atoms with van der Waals surface area (Å²) in [5.41, 5.74) is 7.16. The van der Waals surface area contributed by atoms with Gasteiger partial charge in [-0.3, -0.25) is 10.9 Å². The van der Waals surface area contributed by atoms with Crippen molar-refractivity contribution < 1.29 is 0 Å². The molecule has 0 heterocycles. The Balaban J connectivity index is 1.56. The summed E-state index contributed by atoms with van der Waals surface area (Å²) < 4.78 is 0. The summed E-state index contributed by atoms with van der Waals surface area (Å²) in [5.74, 6) is 0. The van der Waals surface area contributed by atoms with E-state index in [0.29, 0.717) is 16.3 Å². The Labute approximate surface area is 143 Å². The van der Waals surface area contributed by atoms with Gasteiger partial charge in [-0.1, -0.05) is 49.6 Å². The highest BCUT2D eigenvalue weighted by Gasteiger charge is 2.13. The van der Waals surface area contributed by atoms with Crippen molar-refractivity contribution in [3.63, 3.8) is 0 Å². The van der Waals surface area contributed by atoms with E-state index in [1.807, 2.05) is 18.2 Å². The predicted molar refractivity (Wildman–Crippen MR) is 99.6 cm³/mol. The van der Waals surface area contributed by atoms with Crippen LogP contribution in [0, 0.1) is 0 Å². The lowest BCUT2D eigenvalue weighted by Crippen LogP contribution is -2.52. The molecule has 1 fully saturated rings. The molecule has 4 nitrogen and oxygen atoms in total. The molecule has 6 heteroatoms. The van der Waals surface area contributed by atoms with E-state index in [-0.39, 0.29) is 0 Å². The average Bonchev–Trinajstić information content (AvgIpc) is 2.55. The molecule has 120 valence electrons. The Morgan fingerprint density at radius 2 is 1.64 bits per heavy atom. The van der Waals surface area contributed by atoms with E-state index >= 15 is 0 Å². The van der Waals surface area contributed by atoms with E-state index < -0.39 is 0 Å². The van der Waals surface area contributed by atoms with Gasteiger partial charge in [-0.2, -0.15) is 0 Å². The Bertz CT molecular complexity index is 472. The van der Waals surface area contributed by atoms with Gasteiger partial charge in [-0.15, -0.1) is 0 Å². The third-order valence-corrected chi connectivity index (χ3v) is 4.24. The molecule has 2 rings (SSSR count). The van der Waals surface area contributed by atoms with Crippen molar-refractivity contribution in [3.05, 3.63) is 35.9 Å². The van der Waals surface area contributed by atoms with Gasteiger partial charge in [-0.25, -0.2) is 0 Å². The number of thiocarbonyl (C=S) groups is 2. The molecule has 0 radical (unpaired) electrons. The third kappa shape index (κ3) is 6.58. The van der Waals surface area contributed by atoms with E-state index in [0.717, 1.165) is 13.0 Å². The molecule has 22 heavy (non-hydrogen) atoms. The molecule has 1 saturated carbocycles. The van der Waals surface area contributed by atoms with Crippen LogP contribution in [0.1, 0.15) is 37.7 Å². The SMILES string of the molecule is S=C(NCCc1ccccc1)NNC(=S)NC1CCCCC1. The molecule has 0 unspecified atom stereocenters. The molecule has 0 bridgehead atoms. The van der Waals surface area contributed by atoms with Crippen LogP contribution in [-0.2, 0) is 6.42 Å². The highest BCUT2D eigenvalue weighted by atomic mass is 32.1. The zero-order chi connectivity index (χ0) is 15.6. The van der Waals surface area contributed by atoms with Crippen LogP contribution in [0.4, 0.5) is 0 Å². The highest BCUT2D eigenvalue weighted by molar-refractivity contribution is 7.80. The minimum absolute atomic E-state index is 0.496. The molecule has 0 aromatic heterocycles. The van der Waals surface area contributed by atoms with Gasteiger partial charge in [0.1, 0.15) is 0 Å². The van der Waals surface area contributed by atoms with Crippen molar-refractivity contribution in [2.75, 3.05) is 6.54 Å². The van der Waals surface area contributed by atoms with Crippen LogP contribution >= 0.6 is 24.4 Å². The number of benzene rings is 1. The topological polar surface area (TPSA) is 48.1 Å². The lowest BCUT2D eigenvalue weighted by molar-refractivity contribution is 0.411. The van der Waals surface area contributed by atoms with Gasteiger partial charge in [0.15, 0.2) is 10.2 Å². The summed E-state index contributed by atoms with van der Waals surface area (Å²) in [6, 6.07) is 10.8. The first-order valence-electron chi connectivity index (χ1n) is 7.88. The summed E-state index contributed by atoms with van der Waals surface area (Å²) in [6.07, 6.45) is 7.24. The van der Waals surface area contributed by atoms with Crippen molar-refractivity contribution in [1.29, 1.82) is 0 Å². The quantitative estimate of drug-likeness (QED) is 0.500. The van der Waals surface area contributed by atoms with Crippen molar-refractivity contribution in [2.24, 2.45) is 0 Å². The van der Waals surface area contributed by atoms with Crippen LogP contribution in [-0.4, -0.2) is 22.8 Å². The fourth-order valence-corrected chi connectivity index (χ4v) is 2.96. The first-order chi connectivity index (χ1) is 10.7. The van der Waals surface area contributed by atoms with Gasteiger partial charge < -0.3 is 10.6 Å². The minimum atomic E-state index is 0.496. The monoisotopic (exact) mass is 336 g/mol. The molecular formula is C16H24N4S2. The van der Waals surface area contributed by atoms with Crippen LogP contribution in [0.3, 0.4) is 0 Å². The van der Waals surface area contributed by atoms with E-state index in [2.05, 4.69) is 33.6 Å². The fraction of sp³-hybridized carbons (Fsp3) is 0.500. The summed E-state index contributed by atoms with van der Waals surface area (Å²) in [6.45, 7) is 0.792. The Morgan fingerprint density at radius 3 is 2.36 bits per heavy atom. The maximum atomic E-state index is 5.27. The Hall–Kier alpha value is -1.40. The number of hydrogen-bond acceptors (Lipinski definition) is 2. The minimum Gasteiger partial charge on any atom is -0.361 e. The van der Waals surface area contributed by atoms with Crippen molar-refractivity contribution >= 4 is 34.7 Å². The van der Waals surface area contributed by atoms with Crippen LogP contribution < -0.4 is 21.5 Å². The number of nitrogens with one attached hydrogen (secondary N) is 4. The van der Waals surface area contributed by atoms with Gasteiger partial charge in [0.25, 0.3) is 0 Å². The van der Waals surface area contributed by atoms with Crippen LogP contribution in [0.2, 0.25) is 0 Å². The second kappa shape index (κ2) is 9.58. The molecule has 0 atom stereocenters. The zero-order valence-corrected chi connectivity index (χ0v) is 14.4. The second-order valence-electron chi connectivity index (χ2n) is 5.55. The van der Waals surface area contributed by atoms with Crippen molar-refractivity contribution in [1.82, 2.24) is 21.5 Å². The predicted octanol–water partition coefficient (Wildman–Crippen LogP) is 2.41. The number of hydrazine groups is 1. The molecule has 0 saturated heterocycles. The van der Waals surface area contributed by atoms with Crippen LogP contribution in [0.5, 0.6) is 0 Å². The molecule has 1 aromatic carbocycles. The van der Waals surface area contributed by atoms with Gasteiger partial charge in [0.2, 0.25) is 0 Å². The summed E-state index contributed by atoms with van der Waals surface area (Å²) in [5, 5.41) is 7.66. The number of rotatable bonds is 4. The maximum Gasteiger partial charge on any atom is 0.185 e. The number of hydrogen-bond donors (Lipinski definition) is 4. The van der Waals surface area contributed by atoms with Crippen molar-refractivity contribution in [3.8, 4) is 0 Å². The normalized spacial score (nSPS) is 14.9. The highest BCUT2D eigenvalue weighted by Crippen LogP contribution is 2.16. The standard InChI is InChI=1S/C16H24N4S2/c21-15(17-12-11-13-7-3-1-4-8-13)19-20-16(22)18-14-9-5-2-6-10-14/h1,3-4,7-8,14H,2,5-6,9-12H2,(H2,17,19,21)(H2,18,20,22). The average molecular weight is 337 g/mol. The molecule has 1 aromatic rings. The van der Waals surface area contributed by atoms with Gasteiger partial charge in [-0.05, 0) is 49.3 Å². The maximum absolute atomic E-state index is 5.27. The molecule has 0 amide bonds. The lowest BCUT2D eigenvalue weighted by Gasteiger charge is -2.24. The fourth-order valence-electron chi connectivity index (χ4n) is 2.59. The smallest absolute Gasteiger partial charge is 0.185 e. The van der Waals surface area contributed by atoms with Gasteiger partial charge in [0, 0.05) is 12.6 Å². The van der Waals surface area contributed by atoms with Crippen LogP contribution in [0.15, 0.2) is 30.3 Å². The molecule has 0 aliphatic heterocycles. The van der Waals surface area contributed by atoms with E-state index in [9.17, 15) is 0 Å². The molecule has 1 aliphatic rings. The first kappa shape index (κ1) is 17.0. The summed E-state index contributed by atoms with van der Waals surface area (Å²) >= 11 is 10.5. The molecule has 1 aliphatic carbocycles. The van der Waals surface area contributed by atoms with Crippen molar-refractivity contribution in [2.45, 2.75) is 44.6 Å². The zero-order valence-electron chi connectivity index (χ0n) is 12.7. The van der Waals surface area contributed by atoms with E-state index in [1.54, 1.807) is 0 Å². The van der Waals surface area contributed by atoms with E-state index in [4.69, 9.17) is 24.4 Å². The second-order valence-corrected chi connectivity index (χ2v) is 6.37. The molecule has 0 spiro atoms. The Morgan fingerprint density at radius 1 is 0.955 bits per heavy atom. The van der Waals surface area contributed by atoms with Crippen LogP contribution in [0.25, 0.3) is 0 Å². The summed E-state index contributed by atoms with van der Waals surface area (Å²) in [4.78, 5) is 0. The molecule has 4 N–H and O–H groups in total. The first-order valence-corrected chi connectivity index (χ1v) is 8.70.